The molecular formula is C23H26BrN5O. The fourth-order valence-corrected chi connectivity index (χ4v) is 4.54. The molecule has 1 saturated heterocycles. The van der Waals surface area contributed by atoms with Gasteiger partial charge in [-0.15, -0.1) is 0 Å². The first-order valence-electron chi connectivity index (χ1n) is 10.3. The molecule has 1 aromatic carbocycles. The summed E-state index contributed by atoms with van der Waals surface area (Å²) in [5.74, 6) is 0.702. The van der Waals surface area contributed by atoms with Gasteiger partial charge < -0.3 is 4.90 Å². The summed E-state index contributed by atoms with van der Waals surface area (Å²) in [7, 11) is 0. The van der Waals surface area contributed by atoms with Crippen LogP contribution in [-0.2, 0) is 11.2 Å². The normalized spacial score (nSPS) is 16.3. The Morgan fingerprint density at radius 1 is 1.10 bits per heavy atom. The maximum absolute atomic E-state index is 13.3. The van der Waals surface area contributed by atoms with Crippen LogP contribution in [-0.4, -0.2) is 37.1 Å². The Morgan fingerprint density at radius 3 is 2.43 bits per heavy atom. The summed E-state index contributed by atoms with van der Waals surface area (Å²) in [4.78, 5) is 24.3. The highest BCUT2D eigenvalue weighted by Gasteiger charge is 2.31. The van der Waals surface area contributed by atoms with Crippen molar-refractivity contribution >= 4 is 21.8 Å². The number of amides is 1. The number of aromatic nitrogens is 4. The Balaban J connectivity index is 1.59. The van der Waals surface area contributed by atoms with Gasteiger partial charge in [0.2, 0.25) is 5.91 Å². The molecule has 1 atom stereocenters. The van der Waals surface area contributed by atoms with Gasteiger partial charge in [0.05, 0.1) is 18.2 Å². The van der Waals surface area contributed by atoms with Crippen molar-refractivity contribution in [1.29, 1.82) is 0 Å². The molecule has 6 nitrogen and oxygen atoms in total. The second-order valence-electron chi connectivity index (χ2n) is 7.99. The van der Waals surface area contributed by atoms with Gasteiger partial charge in [-0.05, 0) is 64.3 Å². The van der Waals surface area contributed by atoms with E-state index >= 15 is 0 Å². The van der Waals surface area contributed by atoms with Gasteiger partial charge in [0.15, 0.2) is 0 Å². The van der Waals surface area contributed by atoms with E-state index < -0.39 is 0 Å². The van der Waals surface area contributed by atoms with Crippen LogP contribution in [0.2, 0.25) is 0 Å². The molecule has 1 fully saturated rings. The predicted molar refractivity (Wildman–Crippen MR) is 120 cm³/mol. The third-order valence-electron chi connectivity index (χ3n) is 5.76. The average Bonchev–Trinajstić information content (AvgIpc) is 3.28. The van der Waals surface area contributed by atoms with E-state index in [1.165, 1.54) is 5.56 Å². The zero-order valence-electron chi connectivity index (χ0n) is 17.8. The maximum Gasteiger partial charge on any atom is 0.251 e. The topological polar surface area (TPSA) is 63.9 Å². The molecule has 0 spiro atoms. The summed E-state index contributed by atoms with van der Waals surface area (Å²) in [5.41, 5.74) is 5.73. The van der Waals surface area contributed by atoms with E-state index in [1.54, 1.807) is 4.68 Å². The number of carbonyl (C=O) groups excluding carboxylic acids is 1. The molecule has 1 unspecified atom stereocenters. The number of carbonyl (C=O) groups is 1. The zero-order chi connectivity index (χ0) is 21.4. The second-order valence-corrected chi connectivity index (χ2v) is 8.90. The van der Waals surface area contributed by atoms with Crippen LogP contribution >= 0.6 is 15.9 Å². The number of nitrogens with zero attached hydrogens (tertiary/aromatic N) is 5. The highest BCUT2D eigenvalue weighted by molar-refractivity contribution is 9.10. The fraction of sp³-hybridized carbons (Fsp3) is 0.391. The second kappa shape index (κ2) is 8.30. The summed E-state index contributed by atoms with van der Waals surface area (Å²) >= 11 is 3.49. The molecule has 1 amide bonds. The fourth-order valence-electron chi connectivity index (χ4n) is 4.28. The van der Waals surface area contributed by atoms with Gasteiger partial charge in [0, 0.05) is 33.7 Å². The van der Waals surface area contributed by atoms with Crippen LogP contribution in [0.4, 0.5) is 0 Å². The quantitative estimate of drug-likeness (QED) is 0.563. The predicted octanol–water partition coefficient (Wildman–Crippen LogP) is 4.56. The van der Waals surface area contributed by atoms with Crippen LogP contribution in [0.25, 0.3) is 5.95 Å². The molecular weight excluding hydrogens is 442 g/mol. The van der Waals surface area contributed by atoms with E-state index in [0.29, 0.717) is 12.4 Å². The number of rotatable bonds is 4. The highest BCUT2D eigenvalue weighted by atomic mass is 79.9. The maximum atomic E-state index is 13.3. The largest absolute Gasteiger partial charge is 0.335 e. The minimum atomic E-state index is 0.143. The molecule has 3 heterocycles. The average molecular weight is 468 g/mol. The number of likely N-dealkylation sites (tertiary alicyclic amines) is 1. The van der Waals surface area contributed by atoms with Crippen molar-refractivity contribution in [3.05, 3.63) is 68.7 Å². The molecule has 0 N–H and O–H groups in total. The first-order valence-corrected chi connectivity index (χ1v) is 11.1. The molecule has 0 bridgehead atoms. The number of aryl methyl sites for hydroxylation is 3. The van der Waals surface area contributed by atoms with Crippen molar-refractivity contribution in [2.75, 3.05) is 6.54 Å². The van der Waals surface area contributed by atoms with E-state index in [-0.39, 0.29) is 11.9 Å². The molecule has 1 aliphatic heterocycles. The number of hydrogen-bond acceptors (Lipinski definition) is 4. The van der Waals surface area contributed by atoms with Crippen molar-refractivity contribution < 1.29 is 4.79 Å². The smallest absolute Gasteiger partial charge is 0.251 e. The van der Waals surface area contributed by atoms with Gasteiger partial charge in [0.1, 0.15) is 0 Å². The minimum absolute atomic E-state index is 0.143. The van der Waals surface area contributed by atoms with Crippen molar-refractivity contribution in [3.63, 3.8) is 0 Å². The van der Waals surface area contributed by atoms with Crippen LogP contribution in [0, 0.1) is 27.7 Å². The van der Waals surface area contributed by atoms with Gasteiger partial charge in [-0.2, -0.15) is 5.10 Å². The van der Waals surface area contributed by atoms with Crippen molar-refractivity contribution in [2.45, 2.75) is 53.0 Å². The molecule has 1 aliphatic rings. The van der Waals surface area contributed by atoms with Crippen LogP contribution < -0.4 is 0 Å². The molecule has 7 heteroatoms. The van der Waals surface area contributed by atoms with Gasteiger partial charge in [-0.25, -0.2) is 14.6 Å². The Morgan fingerprint density at radius 2 is 1.77 bits per heavy atom. The Bertz CT molecular complexity index is 1070. The standard InChI is InChI=1S/C23H26BrN5O/c1-14-12-15(2)26-23(25-14)29-17(4)20(16(3)27-29)13-22(30)28-11-5-6-21(28)18-7-9-19(24)10-8-18/h7-10,12,21H,5-6,11,13H2,1-4H3. The summed E-state index contributed by atoms with van der Waals surface area (Å²) in [6.45, 7) is 8.63. The van der Waals surface area contributed by atoms with E-state index in [0.717, 1.165) is 52.2 Å². The Hall–Kier alpha value is -2.54. The van der Waals surface area contributed by atoms with Crippen molar-refractivity contribution in [1.82, 2.24) is 24.6 Å². The first-order chi connectivity index (χ1) is 14.3. The first kappa shape index (κ1) is 20.7. The molecule has 2 aromatic heterocycles. The summed E-state index contributed by atoms with van der Waals surface area (Å²) in [6.07, 6.45) is 2.37. The lowest BCUT2D eigenvalue weighted by Crippen LogP contribution is -2.32. The van der Waals surface area contributed by atoms with Crippen LogP contribution in [0.3, 0.4) is 0 Å². The Kier molecular flexibility index (Phi) is 5.73. The van der Waals surface area contributed by atoms with Gasteiger partial charge in [-0.1, -0.05) is 28.1 Å². The van der Waals surface area contributed by atoms with Crippen LogP contribution in [0.1, 0.15) is 52.8 Å². The molecule has 156 valence electrons. The molecule has 0 aliphatic carbocycles. The third kappa shape index (κ3) is 4.03. The minimum Gasteiger partial charge on any atom is -0.335 e. The zero-order valence-corrected chi connectivity index (χ0v) is 19.4. The summed E-state index contributed by atoms with van der Waals surface area (Å²) in [6, 6.07) is 10.4. The van der Waals surface area contributed by atoms with E-state index in [1.807, 2.05) is 50.8 Å². The van der Waals surface area contributed by atoms with E-state index in [4.69, 9.17) is 0 Å². The van der Waals surface area contributed by atoms with Gasteiger partial charge >= 0.3 is 0 Å². The lowest BCUT2D eigenvalue weighted by Gasteiger charge is -2.25. The summed E-state index contributed by atoms with van der Waals surface area (Å²) < 4.78 is 2.81. The lowest BCUT2D eigenvalue weighted by atomic mass is 10.0. The van der Waals surface area contributed by atoms with Gasteiger partial charge in [0.25, 0.3) is 5.95 Å². The van der Waals surface area contributed by atoms with Gasteiger partial charge in [-0.3, -0.25) is 4.79 Å². The van der Waals surface area contributed by atoms with Crippen molar-refractivity contribution in [3.8, 4) is 5.95 Å². The Labute approximate surface area is 185 Å². The van der Waals surface area contributed by atoms with Crippen LogP contribution in [0.15, 0.2) is 34.8 Å². The van der Waals surface area contributed by atoms with Crippen molar-refractivity contribution in [2.24, 2.45) is 0 Å². The molecule has 3 aromatic rings. The van der Waals surface area contributed by atoms with E-state index in [9.17, 15) is 4.79 Å². The number of hydrogen-bond donors (Lipinski definition) is 0. The number of benzene rings is 1. The number of halogens is 1. The van der Waals surface area contributed by atoms with E-state index in [2.05, 4.69) is 43.1 Å². The van der Waals surface area contributed by atoms with Crippen LogP contribution in [0.5, 0.6) is 0 Å². The summed E-state index contributed by atoms with van der Waals surface area (Å²) in [5, 5.41) is 4.64. The highest BCUT2D eigenvalue weighted by Crippen LogP contribution is 2.33. The molecule has 0 saturated carbocycles. The lowest BCUT2D eigenvalue weighted by molar-refractivity contribution is -0.131. The monoisotopic (exact) mass is 467 g/mol. The SMILES string of the molecule is Cc1cc(C)nc(-n2nc(C)c(CC(=O)N3CCCC3c3ccc(Br)cc3)c2C)n1. The third-order valence-corrected chi connectivity index (χ3v) is 6.29. The molecule has 4 rings (SSSR count). The molecule has 30 heavy (non-hydrogen) atoms. The molecule has 0 radical (unpaired) electrons.